The Morgan fingerprint density at radius 2 is 1.25 bits per heavy atom. The molecule has 36 heavy (non-hydrogen) atoms. The predicted octanol–water partition coefficient (Wildman–Crippen LogP) is 5.59. The van der Waals surface area contributed by atoms with E-state index in [-0.39, 0.29) is 5.56 Å². The third-order valence-corrected chi connectivity index (χ3v) is 9.89. The van der Waals surface area contributed by atoms with Gasteiger partial charge in [0, 0.05) is 16.3 Å². The molecule has 0 spiro atoms. The van der Waals surface area contributed by atoms with E-state index in [1.54, 1.807) is 7.11 Å². The van der Waals surface area contributed by atoms with Gasteiger partial charge in [0.15, 0.2) is 7.14 Å². The van der Waals surface area contributed by atoms with Gasteiger partial charge in [-0.15, -0.1) is 0 Å². The van der Waals surface area contributed by atoms with Crippen molar-refractivity contribution >= 4 is 17.8 Å². The van der Waals surface area contributed by atoms with Crippen molar-refractivity contribution in [2.45, 2.75) is 12.6 Å². The lowest BCUT2D eigenvalue weighted by Crippen LogP contribution is -2.27. The second-order valence-corrected chi connectivity index (χ2v) is 11.5. The SMILES string of the molecule is COc1ccc(C(c2c(C)[nH]n(-c3ccccc3)c2=O)P(=O)(c2ccccc2)c2ccccc2)cc1. The molecule has 1 unspecified atom stereocenters. The minimum Gasteiger partial charge on any atom is -0.497 e. The molecule has 1 atom stereocenters. The van der Waals surface area contributed by atoms with Crippen LogP contribution in [0, 0.1) is 6.92 Å². The number of nitrogens with zero attached hydrogens (tertiary/aromatic N) is 1. The number of hydrogen-bond donors (Lipinski definition) is 1. The van der Waals surface area contributed by atoms with Gasteiger partial charge in [0.2, 0.25) is 0 Å². The minimum atomic E-state index is -3.41. The number of rotatable bonds is 7. The molecule has 0 aliphatic carbocycles. The van der Waals surface area contributed by atoms with Gasteiger partial charge in [0.25, 0.3) is 5.56 Å². The molecule has 0 amide bonds. The summed E-state index contributed by atoms with van der Waals surface area (Å²) in [5.41, 5.74) is 1.75. The lowest BCUT2D eigenvalue weighted by molar-refractivity contribution is 0.414. The summed E-state index contributed by atoms with van der Waals surface area (Å²) in [5, 5.41) is 4.63. The molecule has 0 fully saturated rings. The molecular formula is C30H27N2O3P. The van der Waals surface area contributed by atoms with Gasteiger partial charge in [-0.2, -0.15) is 0 Å². The zero-order chi connectivity index (χ0) is 25.1. The zero-order valence-corrected chi connectivity index (χ0v) is 21.1. The van der Waals surface area contributed by atoms with Crippen LogP contribution < -0.4 is 20.9 Å². The number of para-hydroxylation sites is 1. The number of benzene rings is 4. The van der Waals surface area contributed by atoms with Crippen LogP contribution in [0.2, 0.25) is 0 Å². The number of methoxy groups -OCH3 is 1. The van der Waals surface area contributed by atoms with Gasteiger partial charge in [-0.1, -0.05) is 91.0 Å². The van der Waals surface area contributed by atoms with E-state index < -0.39 is 12.8 Å². The van der Waals surface area contributed by atoms with E-state index in [9.17, 15) is 4.79 Å². The Bertz CT molecular complexity index is 1510. The maximum absolute atomic E-state index is 15.5. The van der Waals surface area contributed by atoms with Gasteiger partial charge < -0.3 is 9.30 Å². The molecule has 0 aliphatic heterocycles. The largest absolute Gasteiger partial charge is 0.497 e. The third kappa shape index (κ3) is 4.12. The van der Waals surface area contributed by atoms with Crippen molar-refractivity contribution in [2.75, 3.05) is 7.11 Å². The molecule has 1 heterocycles. The molecule has 0 saturated heterocycles. The fourth-order valence-electron chi connectivity index (χ4n) is 4.73. The Balaban J connectivity index is 1.84. The van der Waals surface area contributed by atoms with Gasteiger partial charge in [0.05, 0.1) is 24.0 Å². The van der Waals surface area contributed by atoms with Crippen molar-refractivity contribution < 1.29 is 9.30 Å². The fraction of sp³-hybridized carbons (Fsp3) is 0.100. The third-order valence-electron chi connectivity index (χ3n) is 6.48. The zero-order valence-electron chi connectivity index (χ0n) is 20.2. The highest BCUT2D eigenvalue weighted by atomic mass is 31.2. The first kappa shape index (κ1) is 23.7. The molecule has 0 aliphatic rings. The lowest BCUT2D eigenvalue weighted by Gasteiger charge is -2.29. The van der Waals surface area contributed by atoms with Gasteiger partial charge in [-0.3, -0.25) is 9.89 Å². The van der Waals surface area contributed by atoms with Crippen molar-refractivity contribution in [1.29, 1.82) is 0 Å². The highest BCUT2D eigenvalue weighted by Gasteiger charge is 2.42. The van der Waals surface area contributed by atoms with E-state index in [4.69, 9.17) is 4.74 Å². The monoisotopic (exact) mass is 494 g/mol. The summed E-state index contributed by atoms with van der Waals surface area (Å²) in [5.74, 6) is 0.694. The summed E-state index contributed by atoms with van der Waals surface area (Å²) in [6, 6.07) is 35.9. The average Bonchev–Trinajstić information content (AvgIpc) is 3.24. The molecule has 6 heteroatoms. The maximum Gasteiger partial charge on any atom is 0.275 e. The number of hydrogen-bond acceptors (Lipinski definition) is 3. The summed E-state index contributed by atoms with van der Waals surface area (Å²) in [6.45, 7) is 1.87. The van der Waals surface area contributed by atoms with E-state index in [1.807, 2.05) is 122 Å². The molecule has 0 saturated carbocycles. The second-order valence-electron chi connectivity index (χ2n) is 8.63. The van der Waals surface area contributed by atoms with Crippen molar-refractivity contribution in [1.82, 2.24) is 9.78 Å². The Morgan fingerprint density at radius 1 is 0.750 bits per heavy atom. The van der Waals surface area contributed by atoms with Crippen molar-refractivity contribution in [3.05, 3.63) is 142 Å². The summed E-state index contributed by atoms with van der Waals surface area (Å²) in [7, 11) is -1.80. The minimum absolute atomic E-state index is 0.216. The normalized spacial score (nSPS) is 12.3. The van der Waals surface area contributed by atoms with Gasteiger partial charge in [-0.25, -0.2) is 4.68 Å². The van der Waals surface area contributed by atoms with E-state index in [1.165, 1.54) is 4.68 Å². The van der Waals surface area contributed by atoms with Gasteiger partial charge in [-0.05, 0) is 36.8 Å². The first-order chi connectivity index (χ1) is 17.5. The van der Waals surface area contributed by atoms with Crippen LogP contribution in [0.15, 0.2) is 120 Å². The number of aromatic nitrogens is 2. The number of H-pyrrole nitrogens is 1. The molecule has 5 nitrogen and oxygen atoms in total. The number of ether oxygens (including phenoxy) is 1. The molecular weight excluding hydrogens is 467 g/mol. The first-order valence-electron chi connectivity index (χ1n) is 11.8. The smallest absolute Gasteiger partial charge is 0.275 e. The van der Waals surface area contributed by atoms with E-state index in [0.29, 0.717) is 27.6 Å². The molecule has 5 rings (SSSR count). The standard InChI is InChI=1S/C30H27N2O3P/c1-22-28(30(33)32(31-22)24-12-6-3-7-13-24)29(23-18-20-25(35-2)21-19-23)36(34,26-14-8-4-9-15-26)27-16-10-5-11-17-27/h3-21,29,31H,1-2H3. The number of nitrogens with one attached hydrogen (secondary N) is 1. The van der Waals surface area contributed by atoms with Crippen molar-refractivity contribution in [2.24, 2.45) is 0 Å². The van der Waals surface area contributed by atoms with Crippen LogP contribution in [0.3, 0.4) is 0 Å². The lowest BCUT2D eigenvalue weighted by atomic mass is 10.0. The summed E-state index contributed by atoms with van der Waals surface area (Å²) in [6.07, 6.45) is 0. The van der Waals surface area contributed by atoms with Crippen LogP contribution in [0.5, 0.6) is 5.75 Å². The van der Waals surface area contributed by atoms with E-state index >= 15 is 4.57 Å². The summed E-state index contributed by atoms with van der Waals surface area (Å²) < 4.78 is 22.4. The van der Waals surface area contributed by atoms with Gasteiger partial charge >= 0.3 is 0 Å². The first-order valence-corrected chi connectivity index (χ1v) is 13.5. The fourth-order valence-corrected chi connectivity index (χ4v) is 8.12. The predicted molar refractivity (Wildman–Crippen MR) is 146 cm³/mol. The van der Waals surface area contributed by atoms with E-state index in [0.717, 1.165) is 11.3 Å². The van der Waals surface area contributed by atoms with Crippen molar-refractivity contribution in [3.8, 4) is 11.4 Å². The van der Waals surface area contributed by atoms with Crippen LogP contribution >= 0.6 is 7.14 Å². The molecule has 5 aromatic rings. The Hall–Kier alpha value is -4.08. The average molecular weight is 495 g/mol. The molecule has 180 valence electrons. The van der Waals surface area contributed by atoms with Crippen LogP contribution in [0.1, 0.15) is 22.5 Å². The summed E-state index contributed by atoms with van der Waals surface area (Å²) >= 11 is 0. The van der Waals surface area contributed by atoms with Crippen LogP contribution in [-0.2, 0) is 4.57 Å². The van der Waals surface area contributed by atoms with Crippen LogP contribution in [0.4, 0.5) is 0 Å². The highest BCUT2D eigenvalue weighted by Crippen LogP contribution is 2.60. The second kappa shape index (κ2) is 9.88. The van der Waals surface area contributed by atoms with Crippen LogP contribution in [0.25, 0.3) is 5.69 Å². The van der Waals surface area contributed by atoms with Crippen molar-refractivity contribution in [3.63, 3.8) is 0 Å². The highest BCUT2D eigenvalue weighted by molar-refractivity contribution is 7.79. The summed E-state index contributed by atoms with van der Waals surface area (Å²) in [4.78, 5) is 14.0. The number of aryl methyl sites for hydroxylation is 1. The van der Waals surface area contributed by atoms with E-state index in [2.05, 4.69) is 5.10 Å². The van der Waals surface area contributed by atoms with Gasteiger partial charge in [0.1, 0.15) is 5.75 Å². The Kier molecular flexibility index (Phi) is 6.49. The molecule has 0 radical (unpaired) electrons. The molecule has 0 bridgehead atoms. The maximum atomic E-state index is 15.5. The Morgan fingerprint density at radius 3 is 1.75 bits per heavy atom. The molecule has 4 aromatic carbocycles. The quantitative estimate of drug-likeness (QED) is 0.300. The number of aromatic amines is 1. The van der Waals surface area contributed by atoms with Crippen LogP contribution in [-0.4, -0.2) is 16.9 Å². The topological polar surface area (TPSA) is 64.1 Å². The molecule has 1 aromatic heterocycles. The molecule has 1 N–H and O–H groups in total. The Labute approximate surface area is 210 Å².